The van der Waals surface area contributed by atoms with Crippen molar-refractivity contribution in [2.45, 2.75) is 32.7 Å². The van der Waals surface area contributed by atoms with Crippen molar-refractivity contribution in [1.82, 2.24) is 15.0 Å². The van der Waals surface area contributed by atoms with E-state index < -0.39 is 5.97 Å². The summed E-state index contributed by atoms with van der Waals surface area (Å²) in [5.41, 5.74) is 1.97. The first-order valence-electron chi connectivity index (χ1n) is 12.7. The van der Waals surface area contributed by atoms with Gasteiger partial charge in [0.15, 0.2) is 0 Å². The summed E-state index contributed by atoms with van der Waals surface area (Å²) in [7, 11) is 0. The average Bonchev–Trinajstić information content (AvgIpc) is 3.44. The van der Waals surface area contributed by atoms with Crippen molar-refractivity contribution >= 4 is 35.2 Å². The topological polar surface area (TPSA) is 74.7 Å². The molecule has 10 heteroatoms. The van der Waals surface area contributed by atoms with Crippen LogP contribution in [-0.4, -0.2) is 66.3 Å². The summed E-state index contributed by atoms with van der Waals surface area (Å²) in [6.07, 6.45) is 3.76. The Morgan fingerprint density at radius 2 is 1.84 bits per heavy atom. The van der Waals surface area contributed by atoms with Crippen LogP contribution in [-0.2, 0) is 4.74 Å². The Labute approximate surface area is 221 Å². The molecule has 0 amide bonds. The van der Waals surface area contributed by atoms with Crippen molar-refractivity contribution in [2.24, 2.45) is 0 Å². The lowest BCUT2D eigenvalue weighted by atomic mass is 10.1. The van der Waals surface area contributed by atoms with Gasteiger partial charge in [-0.1, -0.05) is 11.6 Å². The molecular weight excluding hydrogens is 495 g/mol. The summed E-state index contributed by atoms with van der Waals surface area (Å²) in [5.74, 6) is 1.50. The number of nitrogens with zero attached hydrogens (tertiary/aromatic N) is 6. The Balaban J connectivity index is 1.39. The van der Waals surface area contributed by atoms with Crippen LogP contribution in [0.4, 0.5) is 22.0 Å². The molecule has 2 aliphatic rings. The van der Waals surface area contributed by atoms with E-state index in [1.165, 1.54) is 18.3 Å². The van der Waals surface area contributed by atoms with Crippen LogP contribution >= 0.6 is 11.6 Å². The summed E-state index contributed by atoms with van der Waals surface area (Å²) in [6, 6.07) is 10.1. The summed E-state index contributed by atoms with van der Waals surface area (Å²) in [6.45, 7) is 8.13. The van der Waals surface area contributed by atoms with Crippen LogP contribution in [0, 0.1) is 5.82 Å². The molecule has 2 aliphatic heterocycles. The molecule has 2 aromatic heterocycles. The monoisotopic (exact) mass is 524 g/mol. The van der Waals surface area contributed by atoms with Crippen LogP contribution < -0.4 is 14.7 Å². The van der Waals surface area contributed by atoms with E-state index in [4.69, 9.17) is 26.3 Å². The minimum Gasteiger partial charge on any atom is -0.462 e. The number of carbonyl (C=O) groups is 1. The maximum atomic E-state index is 13.6. The molecule has 2 fully saturated rings. The fraction of sp³-hybridized carbons (Fsp3) is 0.407. The van der Waals surface area contributed by atoms with Crippen LogP contribution in [0.1, 0.15) is 37.0 Å². The molecule has 0 saturated carbocycles. The van der Waals surface area contributed by atoms with E-state index in [9.17, 15) is 9.18 Å². The highest BCUT2D eigenvalue weighted by Crippen LogP contribution is 2.31. The van der Waals surface area contributed by atoms with Crippen molar-refractivity contribution in [2.75, 3.05) is 54.0 Å². The second-order valence-electron chi connectivity index (χ2n) is 9.35. The number of halogens is 2. The largest absolute Gasteiger partial charge is 0.462 e. The molecule has 5 rings (SSSR count). The third-order valence-corrected chi connectivity index (χ3v) is 7.06. The van der Waals surface area contributed by atoms with Gasteiger partial charge in [0.1, 0.15) is 17.5 Å². The second-order valence-corrected chi connectivity index (χ2v) is 9.76. The SMILES string of the molecule is CCOC(=O)c1cnc(N2CCN(c3cc(-c4ccc(F)cc4)nc(N4CCCC4)n3)C(C)C2)c(Cl)c1. The zero-order valence-corrected chi connectivity index (χ0v) is 21.8. The third kappa shape index (κ3) is 5.46. The third-order valence-electron chi connectivity index (χ3n) is 6.78. The molecule has 0 aliphatic carbocycles. The molecule has 1 unspecified atom stereocenters. The van der Waals surface area contributed by atoms with Crippen molar-refractivity contribution in [1.29, 1.82) is 0 Å². The smallest absolute Gasteiger partial charge is 0.339 e. The summed E-state index contributed by atoms with van der Waals surface area (Å²) >= 11 is 6.52. The van der Waals surface area contributed by atoms with Crippen LogP contribution in [0.2, 0.25) is 5.02 Å². The molecule has 0 radical (unpaired) electrons. The lowest BCUT2D eigenvalue weighted by molar-refractivity contribution is 0.0526. The lowest BCUT2D eigenvalue weighted by Gasteiger charge is -2.41. The summed E-state index contributed by atoms with van der Waals surface area (Å²) < 4.78 is 18.6. The summed E-state index contributed by atoms with van der Waals surface area (Å²) in [4.78, 5) is 32.9. The Kier molecular flexibility index (Phi) is 7.41. The molecule has 194 valence electrons. The van der Waals surface area contributed by atoms with Gasteiger partial charge in [0.2, 0.25) is 5.95 Å². The number of hydrogen-bond donors (Lipinski definition) is 0. The maximum Gasteiger partial charge on any atom is 0.339 e. The van der Waals surface area contributed by atoms with Gasteiger partial charge in [0.05, 0.1) is 22.9 Å². The fourth-order valence-corrected chi connectivity index (χ4v) is 5.16. The Bertz CT molecular complexity index is 1270. The van der Waals surface area contributed by atoms with Crippen LogP contribution in [0.15, 0.2) is 42.6 Å². The van der Waals surface area contributed by atoms with Gasteiger partial charge >= 0.3 is 5.97 Å². The first kappa shape index (κ1) is 25.2. The quantitative estimate of drug-likeness (QED) is 0.425. The molecule has 37 heavy (non-hydrogen) atoms. The van der Waals surface area contributed by atoms with Crippen molar-refractivity contribution in [3.05, 3.63) is 59.0 Å². The van der Waals surface area contributed by atoms with E-state index in [0.717, 1.165) is 43.0 Å². The molecular formula is C27H30ClFN6O2. The van der Waals surface area contributed by atoms with Crippen molar-refractivity contribution in [3.63, 3.8) is 0 Å². The van der Waals surface area contributed by atoms with Gasteiger partial charge in [-0.2, -0.15) is 4.98 Å². The number of benzene rings is 1. The number of ether oxygens (including phenoxy) is 1. The van der Waals surface area contributed by atoms with Gasteiger partial charge in [-0.3, -0.25) is 0 Å². The van der Waals surface area contributed by atoms with Gasteiger partial charge in [-0.25, -0.2) is 19.2 Å². The second kappa shape index (κ2) is 10.9. The number of piperazine rings is 1. The molecule has 8 nitrogen and oxygen atoms in total. The zero-order valence-electron chi connectivity index (χ0n) is 21.0. The number of esters is 1. The van der Waals surface area contributed by atoms with Gasteiger partial charge in [-0.15, -0.1) is 0 Å². The van der Waals surface area contributed by atoms with E-state index in [0.29, 0.717) is 48.6 Å². The molecule has 2 saturated heterocycles. The molecule has 3 aromatic rings. The Hall–Kier alpha value is -3.46. The van der Waals surface area contributed by atoms with Crippen LogP contribution in [0.5, 0.6) is 0 Å². The van der Waals surface area contributed by atoms with E-state index in [2.05, 4.69) is 26.6 Å². The molecule has 0 spiro atoms. The van der Waals surface area contributed by atoms with Crippen molar-refractivity contribution in [3.8, 4) is 11.3 Å². The molecule has 1 aromatic carbocycles. The normalized spacial score (nSPS) is 17.8. The number of pyridine rings is 1. The Morgan fingerprint density at radius 3 is 2.51 bits per heavy atom. The van der Waals surface area contributed by atoms with Crippen LogP contribution in [0.3, 0.4) is 0 Å². The lowest BCUT2D eigenvalue weighted by Crippen LogP contribution is -2.52. The predicted molar refractivity (Wildman–Crippen MR) is 143 cm³/mol. The average molecular weight is 525 g/mol. The maximum absolute atomic E-state index is 13.6. The number of carbonyl (C=O) groups excluding carboxylic acids is 1. The van der Waals surface area contributed by atoms with E-state index >= 15 is 0 Å². The number of aromatic nitrogens is 3. The highest BCUT2D eigenvalue weighted by atomic mass is 35.5. The van der Waals surface area contributed by atoms with E-state index in [-0.39, 0.29) is 11.9 Å². The highest BCUT2D eigenvalue weighted by molar-refractivity contribution is 6.33. The zero-order chi connectivity index (χ0) is 25.9. The van der Waals surface area contributed by atoms with Gasteiger partial charge in [-0.05, 0) is 57.0 Å². The van der Waals surface area contributed by atoms with Gasteiger partial charge < -0.3 is 19.4 Å². The fourth-order valence-electron chi connectivity index (χ4n) is 4.88. The first-order chi connectivity index (χ1) is 17.9. The summed E-state index contributed by atoms with van der Waals surface area (Å²) in [5, 5.41) is 0.420. The predicted octanol–water partition coefficient (Wildman–Crippen LogP) is 4.82. The number of anilines is 3. The van der Waals surface area contributed by atoms with Gasteiger partial charge in [0, 0.05) is 56.6 Å². The molecule has 0 bridgehead atoms. The molecule has 1 atom stereocenters. The number of hydrogen-bond acceptors (Lipinski definition) is 8. The van der Waals surface area contributed by atoms with E-state index in [1.807, 2.05) is 6.07 Å². The minimum absolute atomic E-state index is 0.110. The Morgan fingerprint density at radius 1 is 1.08 bits per heavy atom. The molecule has 0 N–H and O–H groups in total. The molecule has 4 heterocycles. The van der Waals surface area contributed by atoms with Crippen molar-refractivity contribution < 1.29 is 13.9 Å². The van der Waals surface area contributed by atoms with Gasteiger partial charge in [0.25, 0.3) is 0 Å². The first-order valence-corrected chi connectivity index (χ1v) is 13.0. The van der Waals surface area contributed by atoms with Crippen LogP contribution in [0.25, 0.3) is 11.3 Å². The highest BCUT2D eigenvalue weighted by Gasteiger charge is 2.29. The minimum atomic E-state index is -0.434. The number of rotatable bonds is 6. The van der Waals surface area contributed by atoms with E-state index in [1.54, 1.807) is 25.1 Å². The standard InChI is InChI=1S/C27H30ClFN6O2/c1-3-37-26(36)20-14-22(28)25(30-16-20)34-12-13-35(18(2)17-34)24-15-23(19-6-8-21(29)9-7-19)31-27(32-24)33-10-4-5-11-33/h6-9,14-16,18H,3-5,10-13,17H2,1-2H3.